The van der Waals surface area contributed by atoms with Gasteiger partial charge in [-0.05, 0) is 53.8 Å². The van der Waals surface area contributed by atoms with Gasteiger partial charge in [0.1, 0.15) is 15.8 Å². The molecule has 1 aliphatic heterocycles. The number of likely N-dealkylation sites (N-methyl/N-ethyl adjacent to an activating group) is 1. The SMILES string of the molecule is CCC(C)c1ccc(OCCCOc2cccc(/C=C3/SC(=S)N(C)C3=O)c2)cc1. The molecule has 1 amide bonds. The molecule has 0 bridgehead atoms. The summed E-state index contributed by atoms with van der Waals surface area (Å²) < 4.78 is 12.2. The largest absolute Gasteiger partial charge is 0.493 e. The first kappa shape index (κ1) is 22.4. The number of carbonyl (C=O) groups excluding carboxylic acids is 1. The van der Waals surface area contributed by atoms with E-state index >= 15 is 0 Å². The third-order valence-electron chi connectivity index (χ3n) is 5.03. The van der Waals surface area contributed by atoms with Gasteiger partial charge in [-0.15, -0.1) is 0 Å². The summed E-state index contributed by atoms with van der Waals surface area (Å²) in [6, 6.07) is 16.0. The Bertz CT molecular complexity index is 924. The molecule has 3 rings (SSSR count). The monoisotopic (exact) mass is 441 g/mol. The number of rotatable bonds is 9. The lowest BCUT2D eigenvalue weighted by Gasteiger charge is -2.11. The van der Waals surface area contributed by atoms with Crippen molar-refractivity contribution in [3.05, 3.63) is 64.6 Å². The number of thiocarbonyl (C=S) groups is 1. The Labute approximate surface area is 188 Å². The van der Waals surface area contributed by atoms with Crippen LogP contribution in [0.5, 0.6) is 11.5 Å². The summed E-state index contributed by atoms with van der Waals surface area (Å²) in [5.41, 5.74) is 2.26. The van der Waals surface area contributed by atoms with Crippen molar-refractivity contribution in [3.8, 4) is 11.5 Å². The minimum absolute atomic E-state index is 0.0642. The Morgan fingerprint density at radius 3 is 2.43 bits per heavy atom. The smallest absolute Gasteiger partial charge is 0.265 e. The van der Waals surface area contributed by atoms with Gasteiger partial charge in [-0.1, -0.05) is 62.1 Å². The van der Waals surface area contributed by atoms with Gasteiger partial charge in [0.25, 0.3) is 5.91 Å². The summed E-state index contributed by atoms with van der Waals surface area (Å²) in [5, 5.41) is 0. The highest BCUT2D eigenvalue weighted by Gasteiger charge is 2.28. The van der Waals surface area contributed by atoms with E-state index < -0.39 is 0 Å². The number of nitrogens with zero attached hydrogens (tertiary/aromatic N) is 1. The lowest BCUT2D eigenvalue weighted by atomic mass is 9.99. The molecule has 0 saturated carbocycles. The molecule has 1 heterocycles. The second-order valence-corrected chi connectivity index (χ2v) is 8.92. The summed E-state index contributed by atoms with van der Waals surface area (Å²) in [6.45, 7) is 5.59. The van der Waals surface area contributed by atoms with E-state index in [0.717, 1.165) is 29.9 Å². The van der Waals surface area contributed by atoms with Gasteiger partial charge in [0.2, 0.25) is 0 Å². The van der Waals surface area contributed by atoms with Crippen molar-refractivity contribution >= 4 is 40.3 Å². The second kappa shape index (κ2) is 10.6. The van der Waals surface area contributed by atoms with E-state index in [1.807, 2.05) is 42.5 Å². The zero-order chi connectivity index (χ0) is 21.5. The number of thioether (sulfide) groups is 1. The molecule has 6 heteroatoms. The van der Waals surface area contributed by atoms with Gasteiger partial charge in [0.05, 0.1) is 18.1 Å². The summed E-state index contributed by atoms with van der Waals surface area (Å²) in [6.07, 6.45) is 3.77. The molecule has 158 valence electrons. The van der Waals surface area contributed by atoms with Gasteiger partial charge in [-0.2, -0.15) is 0 Å². The predicted molar refractivity (Wildman–Crippen MR) is 128 cm³/mol. The molecule has 2 aromatic rings. The average molecular weight is 442 g/mol. The van der Waals surface area contributed by atoms with Crippen LogP contribution in [-0.4, -0.2) is 35.4 Å². The molecule has 0 radical (unpaired) electrons. The van der Waals surface area contributed by atoms with Crippen LogP contribution in [0.3, 0.4) is 0 Å². The Balaban J connectivity index is 1.45. The van der Waals surface area contributed by atoms with Crippen molar-refractivity contribution in [1.82, 2.24) is 4.90 Å². The van der Waals surface area contributed by atoms with Crippen molar-refractivity contribution in [2.45, 2.75) is 32.6 Å². The van der Waals surface area contributed by atoms with Crippen LogP contribution in [-0.2, 0) is 4.79 Å². The topological polar surface area (TPSA) is 38.8 Å². The van der Waals surface area contributed by atoms with E-state index in [1.54, 1.807) is 7.05 Å². The minimum atomic E-state index is -0.0642. The predicted octanol–water partition coefficient (Wildman–Crippen LogP) is 5.88. The van der Waals surface area contributed by atoms with Crippen molar-refractivity contribution in [3.63, 3.8) is 0 Å². The lowest BCUT2D eigenvalue weighted by Crippen LogP contribution is -2.22. The van der Waals surface area contributed by atoms with Crippen LogP contribution in [0.25, 0.3) is 6.08 Å². The minimum Gasteiger partial charge on any atom is -0.493 e. The standard InChI is InChI=1S/C24H27NO3S2/c1-4-17(2)19-9-11-20(12-10-19)27-13-6-14-28-21-8-5-7-18(15-21)16-22-23(26)25(3)24(29)30-22/h5,7-12,15-17H,4,6,13-14H2,1-3H3/b22-16+. The van der Waals surface area contributed by atoms with E-state index in [4.69, 9.17) is 21.7 Å². The van der Waals surface area contributed by atoms with Crippen molar-refractivity contribution in [2.24, 2.45) is 0 Å². The maximum Gasteiger partial charge on any atom is 0.265 e. The molecule has 1 atom stereocenters. The molecular weight excluding hydrogens is 414 g/mol. The summed E-state index contributed by atoms with van der Waals surface area (Å²) in [5.74, 6) is 2.17. The number of ether oxygens (including phenoxy) is 2. The zero-order valence-corrected chi connectivity index (χ0v) is 19.2. The van der Waals surface area contributed by atoms with Gasteiger partial charge in [-0.3, -0.25) is 9.69 Å². The van der Waals surface area contributed by atoms with Crippen molar-refractivity contribution < 1.29 is 14.3 Å². The van der Waals surface area contributed by atoms with Crippen LogP contribution >= 0.6 is 24.0 Å². The number of hydrogen-bond donors (Lipinski definition) is 0. The fourth-order valence-electron chi connectivity index (χ4n) is 2.96. The number of hydrogen-bond acceptors (Lipinski definition) is 5. The Morgan fingerprint density at radius 1 is 1.10 bits per heavy atom. The molecule has 1 aliphatic rings. The highest BCUT2D eigenvalue weighted by Crippen LogP contribution is 2.31. The molecule has 1 saturated heterocycles. The fraction of sp³-hybridized carbons (Fsp3) is 0.333. The van der Waals surface area contributed by atoms with Gasteiger partial charge in [0, 0.05) is 13.5 Å². The van der Waals surface area contributed by atoms with E-state index in [-0.39, 0.29) is 5.91 Å². The van der Waals surface area contributed by atoms with Crippen molar-refractivity contribution in [2.75, 3.05) is 20.3 Å². The molecule has 2 aromatic carbocycles. The molecular formula is C24H27NO3S2. The third-order valence-corrected chi connectivity index (χ3v) is 6.51. The number of amides is 1. The summed E-state index contributed by atoms with van der Waals surface area (Å²) in [7, 11) is 1.69. The normalized spacial score (nSPS) is 16.2. The molecule has 1 fully saturated rings. The van der Waals surface area contributed by atoms with E-state index in [1.165, 1.54) is 22.2 Å². The quantitative estimate of drug-likeness (QED) is 0.276. The molecule has 0 aromatic heterocycles. The molecule has 1 unspecified atom stereocenters. The van der Waals surface area contributed by atoms with Crippen LogP contribution in [0.4, 0.5) is 0 Å². The first-order valence-electron chi connectivity index (χ1n) is 10.1. The second-order valence-electron chi connectivity index (χ2n) is 7.24. The first-order chi connectivity index (χ1) is 14.5. The highest BCUT2D eigenvalue weighted by molar-refractivity contribution is 8.26. The van der Waals surface area contributed by atoms with Crippen LogP contribution in [0.2, 0.25) is 0 Å². The summed E-state index contributed by atoms with van der Waals surface area (Å²) >= 11 is 6.49. The molecule has 0 spiro atoms. The Kier molecular flexibility index (Phi) is 7.94. The maximum absolute atomic E-state index is 12.1. The summed E-state index contributed by atoms with van der Waals surface area (Å²) in [4.78, 5) is 14.3. The molecule has 0 aliphatic carbocycles. The molecule has 4 nitrogen and oxygen atoms in total. The molecule has 30 heavy (non-hydrogen) atoms. The zero-order valence-electron chi connectivity index (χ0n) is 17.6. The molecule has 0 N–H and O–H groups in total. The van der Waals surface area contributed by atoms with Gasteiger partial charge >= 0.3 is 0 Å². The maximum atomic E-state index is 12.1. The average Bonchev–Trinajstić information content (AvgIpc) is 3.00. The lowest BCUT2D eigenvalue weighted by molar-refractivity contribution is -0.121. The van der Waals surface area contributed by atoms with Gasteiger partial charge in [-0.25, -0.2) is 0 Å². The van der Waals surface area contributed by atoms with Crippen LogP contribution in [0.15, 0.2) is 53.4 Å². The number of benzene rings is 2. The van der Waals surface area contributed by atoms with E-state index in [9.17, 15) is 4.79 Å². The van der Waals surface area contributed by atoms with Gasteiger partial charge < -0.3 is 9.47 Å². The Hall–Kier alpha value is -2.31. The fourth-order valence-corrected chi connectivity index (χ4v) is 4.14. The van der Waals surface area contributed by atoms with Crippen LogP contribution in [0, 0.1) is 0 Å². The van der Waals surface area contributed by atoms with Crippen molar-refractivity contribution in [1.29, 1.82) is 0 Å². The number of carbonyl (C=O) groups is 1. The van der Waals surface area contributed by atoms with E-state index in [2.05, 4.69) is 26.0 Å². The van der Waals surface area contributed by atoms with E-state index in [0.29, 0.717) is 28.4 Å². The van der Waals surface area contributed by atoms with Crippen LogP contribution in [0.1, 0.15) is 43.7 Å². The highest BCUT2D eigenvalue weighted by atomic mass is 32.2. The Morgan fingerprint density at radius 2 is 1.80 bits per heavy atom. The van der Waals surface area contributed by atoms with Crippen LogP contribution < -0.4 is 9.47 Å². The van der Waals surface area contributed by atoms with Gasteiger partial charge in [0.15, 0.2) is 0 Å². The first-order valence-corrected chi connectivity index (χ1v) is 11.4. The third kappa shape index (κ3) is 5.86.